The molecule has 2 N–H and O–H groups in total. The number of carbonyl (C=O) groups is 1. The Morgan fingerprint density at radius 1 is 1.17 bits per heavy atom. The number of rotatable bonds is 8. The van der Waals surface area contributed by atoms with E-state index in [1.807, 2.05) is 11.8 Å². The van der Waals surface area contributed by atoms with Crippen molar-refractivity contribution in [2.45, 2.75) is 25.9 Å². The number of nitrogens with one attached hydrogen (secondary N) is 2. The zero-order valence-electron chi connectivity index (χ0n) is 19.9. The highest BCUT2D eigenvalue weighted by atomic mass is 32.2. The highest BCUT2D eigenvalue weighted by Gasteiger charge is 2.40. The van der Waals surface area contributed by atoms with E-state index in [-0.39, 0.29) is 24.9 Å². The van der Waals surface area contributed by atoms with Crippen molar-refractivity contribution in [1.29, 1.82) is 0 Å². The number of aromatic nitrogens is 1. The van der Waals surface area contributed by atoms with E-state index in [1.165, 1.54) is 20.9 Å². The lowest BCUT2D eigenvalue weighted by molar-refractivity contribution is 0.0607. The SMILES string of the molecule is COC[C@@H]1CN(Cc2cccc(NC(=O)Nc3ccc(C)nc3)c2F)CCN1S(=O)(=O)N1CCC1. The van der Waals surface area contributed by atoms with Crippen LogP contribution in [0.3, 0.4) is 0 Å². The normalized spacial score (nSPS) is 19.8. The van der Waals surface area contributed by atoms with Crippen molar-refractivity contribution < 1.29 is 22.3 Å². The molecule has 2 fully saturated rings. The van der Waals surface area contributed by atoms with Gasteiger partial charge in [-0.1, -0.05) is 12.1 Å². The van der Waals surface area contributed by atoms with Crippen LogP contribution in [0.15, 0.2) is 36.5 Å². The number of methoxy groups -OCH3 is 1. The largest absolute Gasteiger partial charge is 0.383 e. The number of hydrogen-bond donors (Lipinski definition) is 2. The topological polar surface area (TPSA) is 107 Å². The Morgan fingerprint density at radius 3 is 2.63 bits per heavy atom. The zero-order valence-corrected chi connectivity index (χ0v) is 20.7. The smallest absolute Gasteiger partial charge is 0.323 e. The molecule has 0 bridgehead atoms. The number of ether oxygens (including phenoxy) is 1. The summed E-state index contributed by atoms with van der Waals surface area (Å²) in [7, 11) is -1.98. The fourth-order valence-electron chi connectivity index (χ4n) is 4.21. The summed E-state index contributed by atoms with van der Waals surface area (Å²) in [5, 5.41) is 5.18. The first-order valence-electron chi connectivity index (χ1n) is 11.5. The third-order valence-corrected chi connectivity index (χ3v) is 8.29. The van der Waals surface area contributed by atoms with Crippen LogP contribution in [0.25, 0.3) is 0 Å². The number of nitrogens with zero attached hydrogens (tertiary/aromatic N) is 4. The summed E-state index contributed by atoms with van der Waals surface area (Å²) in [5.74, 6) is -0.524. The molecule has 2 amide bonds. The van der Waals surface area contributed by atoms with Crippen LogP contribution in [0.5, 0.6) is 0 Å². The fraction of sp³-hybridized carbons (Fsp3) is 0.478. The number of halogens is 1. The minimum Gasteiger partial charge on any atom is -0.383 e. The Balaban J connectivity index is 1.40. The lowest BCUT2D eigenvalue weighted by Crippen LogP contribution is -2.61. The maximum atomic E-state index is 15.2. The first-order valence-corrected chi connectivity index (χ1v) is 12.9. The molecule has 0 saturated carbocycles. The zero-order chi connectivity index (χ0) is 25.0. The van der Waals surface area contributed by atoms with Gasteiger partial charge in [0, 0.05) is 57.6 Å². The molecular formula is C23H31FN6O4S. The Labute approximate surface area is 205 Å². The predicted molar refractivity (Wildman–Crippen MR) is 131 cm³/mol. The van der Waals surface area contributed by atoms with Gasteiger partial charge in [0.2, 0.25) is 0 Å². The third-order valence-electron chi connectivity index (χ3n) is 6.20. The molecule has 2 aliphatic heterocycles. The monoisotopic (exact) mass is 506 g/mol. The van der Waals surface area contributed by atoms with Gasteiger partial charge in [0.25, 0.3) is 10.2 Å². The van der Waals surface area contributed by atoms with Crippen LogP contribution in [-0.4, -0.2) is 85.4 Å². The van der Waals surface area contributed by atoms with Crippen LogP contribution < -0.4 is 10.6 Å². The number of amides is 2. The highest BCUT2D eigenvalue weighted by molar-refractivity contribution is 7.86. The van der Waals surface area contributed by atoms with E-state index in [0.29, 0.717) is 44.0 Å². The summed E-state index contributed by atoms with van der Waals surface area (Å²) in [6.45, 7) is 4.64. The fourth-order valence-corrected chi connectivity index (χ4v) is 6.04. The van der Waals surface area contributed by atoms with Crippen LogP contribution in [0, 0.1) is 12.7 Å². The number of hydrogen-bond acceptors (Lipinski definition) is 6. The number of aryl methyl sites for hydroxylation is 1. The molecule has 0 spiro atoms. The summed E-state index contributed by atoms with van der Waals surface area (Å²) >= 11 is 0. The molecule has 4 rings (SSSR count). The number of anilines is 2. The van der Waals surface area contributed by atoms with Gasteiger partial charge in [-0.25, -0.2) is 9.18 Å². The van der Waals surface area contributed by atoms with Crippen LogP contribution in [-0.2, 0) is 21.5 Å². The van der Waals surface area contributed by atoms with E-state index in [2.05, 4.69) is 15.6 Å². The first-order chi connectivity index (χ1) is 16.8. The number of piperazine rings is 1. The Bertz CT molecular complexity index is 1140. The molecule has 2 aromatic rings. The molecule has 12 heteroatoms. The predicted octanol–water partition coefficient (Wildman–Crippen LogP) is 2.26. The van der Waals surface area contributed by atoms with Crippen molar-refractivity contribution in [2.24, 2.45) is 0 Å². The van der Waals surface area contributed by atoms with Crippen LogP contribution >= 0.6 is 0 Å². The number of urea groups is 1. The minimum absolute atomic E-state index is 0.0625. The molecule has 1 aromatic heterocycles. The maximum absolute atomic E-state index is 15.2. The summed E-state index contributed by atoms with van der Waals surface area (Å²) < 4.78 is 49.4. The van der Waals surface area contributed by atoms with E-state index in [0.717, 1.165) is 12.1 Å². The average Bonchev–Trinajstić information content (AvgIpc) is 2.77. The van der Waals surface area contributed by atoms with Gasteiger partial charge in [0.15, 0.2) is 5.82 Å². The minimum atomic E-state index is -3.52. The van der Waals surface area contributed by atoms with Crippen molar-refractivity contribution in [3.05, 3.63) is 53.6 Å². The second-order valence-corrected chi connectivity index (χ2v) is 10.6. The van der Waals surface area contributed by atoms with Gasteiger partial charge < -0.3 is 15.4 Å². The van der Waals surface area contributed by atoms with Crippen LogP contribution in [0.4, 0.5) is 20.6 Å². The molecule has 2 aliphatic rings. The Kier molecular flexibility index (Phi) is 7.97. The number of carbonyl (C=O) groups excluding carboxylic acids is 1. The lowest BCUT2D eigenvalue weighted by Gasteiger charge is -2.43. The van der Waals surface area contributed by atoms with Gasteiger partial charge in [-0.2, -0.15) is 17.0 Å². The Hall–Kier alpha value is -2.64. The summed E-state index contributed by atoms with van der Waals surface area (Å²) in [6.07, 6.45) is 2.40. The van der Waals surface area contributed by atoms with Crippen molar-refractivity contribution in [1.82, 2.24) is 18.5 Å². The van der Waals surface area contributed by atoms with Gasteiger partial charge >= 0.3 is 6.03 Å². The second-order valence-electron chi connectivity index (χ2n) is 8.76. The van der Waals surface area contributed by atoms with Gasteiger partial charge in [0.1, 0.15) is 0 Å². The second kappa shape index (κ2) is 11.0. The van der Waals surface area contributed by atoms with E-state index in [1.54, 1.807) is 31.4 Å². The molecular weight excluding hydrogens is 475 g/mol. The molecule has 1 atom stereocenters. The molecule has 0 aliphatic carbocycles. The van der Waals surface area contributed by atoms with Gasteiger partial charge in [-0.3, -0.25) is 9.88 Å². The first kappa shape index (κ1) is 25.5. The highest BCUT2D eigenvalue weighted by Crippen LogP contribution is 2.25. The Morgan fingerprint density at radius 2 is 1.97 bits per heavy atom. The molecule has 3 heterocycles. The molecule has 0 unspecified atom stereocenters. The van der Waals surface area contributed by atoms with Gasteiger partial charge in [0.05, 0.1) is 30.2 Å². The van der Waals surface area contributed by atoms with E-state index in [4.69, 9.17) is 4.74 Å². The number of pyridine rings is 1. The molecule has 2 saturated heterocycles. The van der Waals surface area contributed by atoms with Crippen molar-refractivity contribution in [3.8, 4) is 0 Å². The van der Waals surface area contributed by atoms with E-state index < -0.39 is 22.1 Å². The van der Waals surface area contributed by atoms with Gasteiger partial charge in [-0.15, -0.1) is 0 Å². The number of benzene rings is 1. The van der Waals surface area contributed by atoms with E-state index >= 15 is 4.39 Å². The lowest BCUT2D eigenvalue weighted by atomic mass is 10.1. The summed E-state index contributed by atoms with van der Waals surface area (Å²) in [5.41, 5.74) is 1.80. The average molecular weight is 507 g/mol. The third kappa shape index (κ3) is 5.96. The van der Waals surface area contributed by atoms with Crippen molar-refractivity contribution in [3.63, 3.8) is 0 Å². The summed E-state index contributed by atoms with van der Waals surface area (Å²) in [6, 6.07) is 7.39. The molecule has 0 radical (unpaired) electrons. The van der Waals surface area contributed by atoms with Crippen molar-refractivity contribution >= 4 is 27.6 Å². The summed E-state index contributed by atoms with van der Waals surface area (Å²) in [4.78, 5) is 18.5. The van der Waals surface area contributed by atoms with Gasteiger partial charge in [-0.05, 0) is 31.5 Å². The van der Waals surface area contributed by atoms with E-state index in [9.17, 15) is 13.2 Å². The molecule has 35 heavy (non-hydrogen) atoms. The quantitative estimate of drug-likeness (QED) is 0.569. The maximum Gasteiger partial charge on any atom is 0.323 e. The van der Waals surface area contributed by atoms with Crippen molar-refractivity contribution in [2.75, 3.05) is 57.1 Å². The molecule has 1 aromatic carbocycles. The standard InChI is InChI=1S/C23H31FN6O4S/c1-17-7-8-19(13-25-17)26-23(31)27-21-6-3-5-18(22(21)24)14-28-11-12-30(20(15-28)16-34-2)35(32,33)29-9-4-10-29/h3,5-8,13,20H,4,9-12,14-16H2,1-2H3,(H2,26,27,31)/t20-/m0/s1. The molecule has 10 nitrogen and oxygen atoms in total. The van der Waals surface area contributed by atoms with Crippen LogP contribution in [0.1, 0.15) is 17.7 Å². The molecule has 190 valence electrons. The van der Waals surface area contributed by atoms with Crippen LogP contribution in [0.2, 0.25) is 0 Å².